The average molecular weight is 807 g/mol. The Kier molecular flexibility index (Phi) is 25.3. The summed E-state index contributed by atoms with van der Waals surface area (Å²) in [5, 5.41) is 17.3. The van der Waals surface area contributed by atoms with Crippen molar-refractivity contribution in [2.75, 3.05) is 19.6 Å². The predicted octanol–water partition coefficient (Wildman–Crippen LogP) is 10.0. The van der Waals surface area contributed by atoms with Gasteiger partial charge in [0.25, 0.3) is 17.7 Å². The maximum atomic E-state index is 13.3. The Morgan fingerprint density at radius 2 is 1.03 bits per heavy atom. The number of aromatic nitrogens is 3. The third kappa shape index (κ3) is 22.8. The summed E-state index contributed by atoms with van der Waals surface area (Å²) in [6.07, 6.45) is 20.5. The molecule has 1 aromatic carbocycles. The highest BCUT2D eigenvalue weighted by molar-refractivity contribution is 6.04. The average Bonchev–Trinajstić information content (AvgIpc) is 3.64. The number of carbonyl (C=O) groups excluding carboxylic acids is 4. The van der Waals surface area contributed by atoms with E-state index in [9.17, 15) is 19.2 Å². The van der Waals surface area contributed by atoms with Gasteiger partial charge in [0.2, 0.25) is 0 Å². The number of benzene rings is 1. The molecule has 0 saturated heterocycles. The van der Waals surface area contributed by atoms with Gasteiger partial charge < -0.3 is 20.7 Å². The van der Waals surface area contributed by atoms with Gasteiger partial charge in [-0.15, -0.1) is 5.10 Å². The van der Waals surface area contributed by atoms with E-state index in [0.29, 0.717) is 71.3 Å². The molecule has 326 valence electrons. The predicted molar refractivity (Wildman–Crippen MR) is 235 cm³/mol. The van der Waals surface area contributed by atoms with E-state index in [1.807, 2.05) is 6.20 Å². The molecular formula is C47H78N6O5. The van der Waals surface area contributed by atoms with Crippen LogP contribution in [0.5, 0.6) is 0 Å². The first kappa shape index (κ1) is 50.1. The molecule has 0 bridgehead atoms. The molecule has 0 radical (unpaired) electrons. The van der Waals surface area contributed by atoms with Crippen LogP contribution in [0.2, 0.25) is 0 Å². The topological polar surface area (TPSA) is 144 Å². The minimum absolute atomic E-state index is 0.101. The van der Waals surface area contributed by atoms with Gasteiger partial charge in [-0.2, -0.15) is 0 Å². The molecule has 3 amide bonds. The zero-order chi connectivity index (χ0) is 42.7. The highest BCUT2D eigenvalue weighted by Crippen LogP contribution is 2.17. The van der Waals surface area contributed by atoms with Gasteiger partial charge in [-0.3, -0.25) is 19.1 Å². The molecule has 0 spiro atoms. The van der Waals surface area contributed by atoms with E-state index in [4.69, 9.17) is 4.74 Å². The maximum Gasteiger partial charge on any atom is 0.333 e. The Labute approximate surface area is 350 Å². The van der Waals surface area contributed by atoms with Gasteiger partial charge in [0.05, 0.1) is 6.20 Å². The summed E-state index contributed by atoms with van der Waals surface area (Å²) >= 11 is 0. The monoisotopic (exact) mass is 807 g/mol. The van der Waals surface area contributed by atoms with Crippen molar-refractivity contribution in [3.8, 4) is 0 Å². The minimum Gasteiger partial charge on any atom is -0.456 e. The minimum atomic E-state index is -0.426. The number of rotatable bonds is 32. The Hall–Kier alpha value is -4.02. The Morgan fingerprint density at radius 1 is 0.603 bits per heavy atom. The number of aryl methyl sites for hydroxylation is 1. The maximum absolute atomic E-state index is 13.3. The van der Waals surface area contributed by atoms with Crippen molar-refractivity contribution in [3.63, 3.8) is 0 Å². The van der Waals surface area contributed by atoms with E-state index in [1.165, 1.54) is 44.9 Å². The summed E-state index contributed by atoms with van der Waals surface area (Å²) in [7, 11) is 0. The molecule has 0 aliphatic rings. The van der Waals surface area contributed by atoms with Gasteiger partial charge in [-0.05, 0) is 74.5 Å². The molecule has 0 fully saturated rings. The SMILES string of the molecule is C=C(C)C(=O)OCc1cn(CCCCCCCCCCCNC(=O)c2cc(C(=O)NCC[C@@H](C)CCCC(C)C)cc(C(=O)NCC[C@@H](C)CCCC(C)C)c2)nn1. The van der Waals surface area contributed by atoms with Crippen LogP contribution in [0, 0.1) is 23.7 Å². The molecule has 0 aliphatic carbocycles. The molecular weight excluding hydrogens is 729 g/mol. The van der Waals surface area contributed by atoms with Gasteiger partial charge in [-0.1, -0.05) is 137 Å². The van der Waals surface area contributed by atoms with Gasteiger partial charge in [0.1, 0.15) is 12.3 Å². The second kappa shape index (κ2) is 29.2. The first-order chi connectivity index (χ1) is 27.7. The summed E-state index contributed by atoms with van der Waals surface area (Å²) in [6.45, 7) is 21.2. The molecule has 3 N–H and O–H groups in total. The lowest BCUT2D eigenvalue weighted by Gasteiger charge is -2.15. The molecule has 58 heavy (non-hydrogen) atoms. The number of hydrogen-bond acceptors (Lipinski definition) is 7. The number of unbranched alkanes of at least 4 members (excludes halogenated alkanes) is 8. The van der Waals surface area contributed by atoms with Gasteiger partial charge >= 0.3 is 5.97 Å². The standard InChI is InChI=1S/C47H78N6O5/c1-35(2)20-18-22-38(7)24-27-49-45(55)41-30-40(31-42(32-41)46(56)50-28-25-39(8)23-19-21-36(3)4)44(54)48-26-16-14-12-10-9-11-13-15-17-29-53-33-43(51-52-53)34-58-47(57)37(5)6/h30-33,35-36,38-39H,5,9-29,34H2,1-4,6-8H3,(H,48,54)(H,49,55)(H,50,56)/t38-,39-/m0/s1. The molecule has 11 heteroatoms. The van der Waals surface area contributed by atoms with Crippen molar-refractivity contribution in [1.29, 1.82) is 0 Å². The van der Waals surface area contributed by atoms with Crippen LogP contribution in [-0.2, 0) is 22.7 Å². The van der Waals surface area contributed by atoms with E-state index >= 15 is 0 Å². The molecule has 1 aromatic heterocycles. The Morgan fingerprint density at radius 3 is 1.48 bits per heavy atom. The van der Waals surface area contributed by atoms with Crippen molar-refractivity contribution in [2.24, 2.45) is 23.7 Å². The summed E-state index contributed by atoms with van der Waals surface area (Å²) in [5.74, 6) is 1.20. The fourth-order valence-corrected chi connectivity index (χ4v) is 6.84. The summed E-state index contributed by atoms with van der Waals surface area (Å²) < 4.78 is 6.91. The highest BCUT2D eigenvalue weighted by Gasteiger charge is 2.17. The van der Waals surface area contributed by atoms with Crippen molar-refractivity contribution < 1.29 is 23.9 Å². The number of nitrogens with one attached hydrogen (secondary N) is 3. The zero-order valence-corrected chi connectivity index (χ0v) is 37.3. The van der Waals surface area contributed by atoms with E-state index in [2.05, 4.69) is 74.4 Å². The van der Waals surface area contributed by atoms with Crippen molar-refractivity contribution in [1.82, 2.24) is 30.9 Å². The molecule has 0 unspecified atom stereocenters. The van der Waals surface area contributed by atoms with Crippen LogP contribution in [-0.4, -0.2) is 58.3 Å². The number of amides is 3. The van der Waals surface area contributed by atoms with Crippen LogP contribution in [0.25, 0.3) is 0 Å². The smallest absolute Gasteiger partial charge is 0.333 e. The van der Waals surface area contributed by atoms with Crippen molar-refractivity contribution >= 4 is 23.7 Å². The fraction of sp³-hybridized carbons (Fsp3) is 0.702. The van der Waals surface area contributed by atoms with Gasteiger partial charge in [-0.25, -0.2) is 4.79 Å². The molecule has 0 saturated carbocycles. The van der Waals surface area contributed by atoms with Crippen LogP contribution in [0.1, 0.15) is 194 Å². The number of carbonyl (C=O) groups is 4. The largest absolute Gasteiger partial charge is 0.456 e. The Balaban J connectivity index is 1.77. The molecule has 11 nitrogen and oxygen atoms in total. The van der Waals surface area contributed by atoms with E-state index in [1.54, 1.807) is 29.8 Å². The molecule has 0 aliphatic heterocycles. The third-order valence-electron chi connectivity index (χ3n) is 10.7. The van der Waals surface area contributed by atoms with Gasteiger partial charge in [0.15, 0.2) is 0 Å². The first-order valence-corrected chi connectivity index (χ1v) is 22.5. The number of esters is 1. The van der Waals surface area contributed by atoms with Crippen LogP contribution >= 0.6 is 0 Å². The number of nitrogens with zero attached hydrogens (tertiary/aromatic N) is 3. The molecule has 2 rings (SSSR count). The first-order valence-electron chi connectivity index (χ1n) is 22.5. The van der Waals surface area contributed by atoms with Crippen LogP contribution < -0.4 is 16.0 Å². The second-order valence-corrected chi connectivity index (χ2v) is 17.5. The Bertz CT molecular complexity index is 1460. The van der Waals surface area contributed by atoms with Gasteiger partial charge in [0, 0.05) is 48.4 Å². The summed E-state index contributed by atoms with van der Waals surface area (Å²) in [4.78, 5) is 51.5. The molecule has 2 atom stereocenters. The number of ether oxygens (including phenoxy) is 1. The normalized spacial score (nSPS) is 12.4. The van der Waals surface area contributed by atoms with Crippen LogP contribution in [0.3, 0.4) is 0 Å². The van der Waals surface area contributed by atoms with E-state index in [-0.39, 0.29) is 24.3 Å². The fourth-order valence-electron chi connectivity index (χ4n) is 6.84. The molecule has 2 aromatic rings. The lowest BCUT2D eigenvalue weighted by molar-refractivity contribution is -0.140. The second-order valence-electron chi connectivity index (χ2n) is 17.5. The lowest BCUT2D eigenvalue weighted by atomic mass is 9.97. The van der Waals surface area contributed by atoms with Crippen molar-refractivity contribution in [2.45, 2.75) is 171 Å². The van der Waals surface area contributed by atoms with E-state index in [0.717, 1.165) is 70.8 Å². The van der Waals surface area contributed by atoms with E-state index < -0.39 is 5.97 Å². The quantitative estimate of drug-likeness (QED) is 0.0379. The number of hydrogen-bond donors (Lipinski definition) is 3. The molecule has 1 heterocycles. The third-order valence-corrected chi connectivity index (χ3v) is 10.7. The van der Waals surface area contributed by atoms with Crippen LogP contribution in [0.15, 0.2) is 36.5 Å². The highest BCUT2D eigenvalue weighted by atomic mass is 16.5. The van der Waals surface area contributed by atoms with Crippen LogP contribution in [0.4, 0.5) is 0 Å². The summed E-state index contributed by atoms with van der Waals surface area (Å²) in [6, 6.07) is 4.83. The van der Waals surface area contributed by atoms with Crippen molar-refractivity contribution in [3.05, 3.63) is 58.9 Å². The zero-order valence-electron chi connectivity index (χ0n) is 37.3. The lowest BCUT2D eigenvalue weighted by Crippen LogP contribution is -2.30. The summed E-state index contributed by atoms with van der Waals surface area (Å²) in [5.41, 5.74) is 1.98.